The highest BCUT2D eigenvalue weighted by Gasteiger charge is 2.26. The fourth-order valence-corrected chi connectivity index (χ4v) is 5.29. The number of anilines is 4. The van der Waals surface area contributed by atoms with Crippen LogP contribution in [0.5, 0.6) is 0 Å². The summed E-state index contributed by atoms with van der Waals surface area (Å²) in [4.78, 5) is 15.7. The second-order valence-electron chi connectivity index (χ2n) is 9.45. The topological polar surface area (TPSA) is 119 Å². The fraction of sp³-hybridized carbons (Fsp3) is 0.308. The van der Waals surface area contributed by atoms with Gasteiger partial charge in [0.15, 0.2) is 11.6 Å². The number of nitrogens with zero attached hydrogens (tertiary/aromatic N) is 6. The molecule has 0 spiro atoms. The van der Waals surface area contributed by atoms with Gasteiger partial charge in [-0.15, -0.1) is 0 Å². The molecule has 10 heteroatoms. The maximum absolute atomic E-state index is 12.0. The quantitative estimate of drug-likeness (QED) is 0.487. The molecule has 2 aliphatic rings. The van der Waals surface area contributed by atoms with E-state index in [1.54, 1.807) is 30.7 Å². The van der Waals surface area contributed by atoms with E-state index in [2.05, 4.69) is 72.2 Å². The second-order valence-corrected chi connectivity index (χ2v) is 12.0. The number of nitriles is 1. The van der Waals surface area contributed by atoms with Crippen LogP contribution in [0.3, 0.4) is 0 Å². The number of hydrogen-bond acceptors (Lipinski definition) is 9. The highest BCUT2D eigenvalue weighted by atomic mass is 32.2. The maximum Gasteiger partial charge on any atom is 0.229 e. The third kappa shape index (κ3) is 5.37. The van der Waals surface area contributed by atoms with Crippen molar-refractivity contribution in [2.24, 2.45) is 4.36 Å². The van der Waals surface area contributed by atoms with Crippen LogP contribution in [-0.2, 0) is 22.7 Å². The zero-order chi connectivity index (χ0) is 25.3. The first-order chi connectivity index (χ1) is 17.3. The molecule has 1 aromatic carbocycles. The lowest BCUT2D eigenvalue weighted by Gasteiger charge is -2.32. The number of benzene rings is 1. The fourth-order valence-electron chi connectivity index (χ4n) is 4.74. The molecule has 0 saturated heterocycles. The summed E-state index contributed by atoms with van der Waals surface area (Å²) < 4.78 is 16.2. The minimum Gasteiger partial charge on any atom is -0.324 e. The van der Waals surface area contributed by atoms with Gasteiger partial charge in [0.05, 0.1) is 6.20 Å². The zero-order valence-corrected chi connectivity index (χ0v) is 21.3. The first-order valence-electron chi connectivity index (χ1n) is 11.7. The van der Waals surface area contributed by atoms with Crippen LogP contribution in [-0.4, -0.2) is 50.2 Å². The minimum atomic E-state index is -2.35. The summed E-state index contributed by atoms with van der Waals surface area (Å²) in [6.07, 6.45) is 11.3. The number of likely N-dealkylation sites (N-methyl/N-ethyl adjacent to an activating group) is 1. The van der Waals surface area contributed by atoms with Gasteiger partial charge in [0.2, 0.25) is 5.95 Å². The highest BCUT2D eigenvalue weighted by molar-refractivity contribution is 7.92. The van der Waals surface area contributed by atoms with E-state index in [9.17, 15) is 9.47 Å². The van der Waals surface area contributed by atoms with Crippen LogP contribution in [0.25, 0.3) is 0 Å². The number of rotatable bonds is 5. The van der Waals surface area contributed by atoms with Crippen molar-refractivity contribution in [1.29, 1.82) is 5.26 Å². The first-order valence-corrected chi connectivity index (χ1v) is 14.1. The van der Waals surface area contributed by atoms with Crippen LogP contribution in [0.4, 0.5) is 29.1 Å². The predicted octanol–water partition coefficient (Wildman–Crippen LogP) is 4.62. The SMILES string of the molecule is CN1Cc2cc(Nc3ncc(C#N)c(Nc4cccc(N=S(C)(C)=O)n4)n3)cc3c2C(C=CCC3)C1. The van der Waals surface area contributed by atoms with Gasteiger partial charge in [-0.2, -0.15) is 14.6 Å². The maximum atomic E-state index is 12.0. The zero-order valence-electron chi connectivity index (χ0n) is 20.5. The first kappa shape index (κ1) is 23.9. The van der Waals surface area contributed by atoms with Crippen LogP contribution in [0.15, 0.2) is 53.0 Å². The highest BCUT2D eigenvalue weighted by Crippen LogP contribution is 2.37. The lowest BCUT2D eigenvalue weighted by Crippen LogP contribution is -2.30. The van der Waals surface area contributed by atoms with Gasteiger partial charge < -0.3 is 15.5 Å². The smallest absolute Gasteiger partial charge is 0.229 e. The molecule has 0 fully saturated rings. The summed E-state index contributed by atoms with van der Waals surface area (Å²) in [6, 6.07) is 11.7. The van der Waals surface area contributed by atoms with E-state index >= 15 is 0 Å². The van der Waals surface area contributed by atoms with Crippen LogP contribution in [0.1, 0.15) is 34.6 Å². The van der Waals surface area contributed by atoms with Crippen molar-refractivity contribution in [3.05, 3.63) is 70.9 Å². The lowest BCUT2D eigenvalue weighted by molar-refractivity contribution is 0.297. The average Bonchev–Trinajstić information content (AvgIpc) is 3.01. The van der Waals surface area contributed by atoms with Gasteiger partial charge in [-0.1, -0.05) is 18.2 Å². The molecule has 0 radical (unpaired) electrons. The Hall–Kier alpha value is -3.81. The van der Waals surface area contributed by atoms with Gasteiger partial charge in [-0.25, -0.2) is 14.2 Å². The standard InChI is InChI=1S/C26H28N8OS/c1-34-15-18-8-5-4-7-17-11-21(12-19(16-34)24(17)18)29-26-28-14-20(13-27)25(32-26)31-22-9-6-10-23(30-22)33-36(2,3)35/h5-6,8-12,14,18H,4,7,15-16H2,1-3H3,(H2,28,29,30,31,32). The second kappa shape index (κ2) is 9.68. The molecule has 1 aliphatic heterocycles. The van der Waals surface area contributed by atoms with E-state index < -0.39 is 9.73 Å². The number of allylic oxidation sites excluding steroid dienone is 1. The van der Waals surface area contributed by atoms with Crippen LogP contribution in [0, 0.1) is 11.3 Å². The van der Waals surface area contributed by atoms with Crippen molar-refractivity contribution in [2.75, 3.05) is 36.7 Å². The molecule has 184 valence electrons. The monoisotopic (exact) mass is 500 g/mol. The molecule has 36 heavy (non-hydrogen) atoms. The molecule has 3 aromatic rings. The van der Waals surface area contributed by atoms with Gasteiger partial charge in [0.25, 0.3) is 0 Å². The average molecular weight is 501 g/mol. The molecular weight excluding hydrogens is 472 g/mol. The minimum absolute atomic E-state index is 0.284. The normalized spacial score (nSPS) is 17.0. The Morgan fingerprint density at radius 3 is 2.83 bits per heavy atom. The summed E-state index contributed by atoms with van der Waals surface area (Å²) in [7, 11) is -0.197. The van der Waals surface area contributed by atoms with Crippen LogP contribution >= 0.6 is 0 Å². The molecule has 5 rings (SSSR count). The molecule has 2 aromatic heterocycles. The number of hydrogen-bond donors (Lipinski definition) is 2. The summed E-state index contributed by atoms with van der Waals surface area (Å²) >= 11 is 0. The number of aromatic nitrogens is 3. The molecule has 3 heterocycles. The van der Waals surface area contributed by atoms with E-state index in [0.717, 1.165) is 31.6 Å². The Balaban J connectivity index is 1.44. The van der Waals surface area contributed by atoms with Gasteiger partial charge in [0.1, 0.15) is 17.5 Å². The van der Waals surface area contributed by atoms with Crippen LogP contribution in [0.2, 0.25) is 0 Å². The van der Waals surface area contributed by atoms with Crippen molar-refractivity contribution in [2.45, 2.75) is 25.3 Å². The molecule has 0 bridgehead atoms. The predicted molar refractivity (Wildman–Crippen MR) is 143 cm³/mol. The van der Waals surface area contributed by atoms with E-state index in [0.29, 0.717) is 29.3 Å². The van der Waals surface area contributed by atoms with Gasteiger partial charge in [0, 0.05) is 46.9 Å². The molecule has 1 unspecified atom stereocenters. The molecule has 0 saturated carbocycles. The Morgan fingerprint density at radius 2 is 2.03 bits per heavy atom. The Morgan fingerprint density at radius 1 is 1.19 bits per heavy atom. The van der Waals surface area contributed by atoms with Gasteiger partial charge in [-0.3, -0.25) is 0 Å². The van der Waals surface area contributed by atoms with E-state index in [4.69, 9.17) is 0 Å². The Labute approximate surface area is 211 Å². The van der Waals surface area contributed by atoms with Crippen molar-refractivity contribution >= 4 is 38.8 Å². The molecule has 1 aliphatic carbocycles. The molecule has 9 nitrogen and oxygen atoms in total. The summed E-state index contributed by atoms with van der Waals surface area (Å²) in [5, 5.41) is 16.0. The largest absolute Gasteiger partial charge is 0.324 e. The summed E-state index contributed by atoms with van der Waals surface area (Å²) in [5.41, 5.74) is 5.34. The van der Waals surface area contributed by atoms with Crippen molar-refractivity contribution in [1.82, 2.24) is 19.9 Å². The van der Waals surface area contributed by atoms with Crippen molar-refractivity contribution < 1.29 is 4.21 Å². The van der Waals surface area contributed by atoms with E-state index in [-0.39, 0.29) is 5.56 Å². The summed E-state index contributed by atoms with van der Waals surface area (Å²) in [6.45, 7) is 1.94. The number of nitrogens with one attached hydrogen (secondary N) is 2. The Kier molecular flexibility index (Phi) is 6.43. The number of pyridine rings is 1. The van der Waals surface area contributed by atoms with E-state index in [1.165, 1.54) is 22.9 Å². The van der Waals surface area contributed by atoms with Gasteiger partial charge >= 0.3 is 0 Å². The molecule has 1 atom stereocenters. The third-order valence-electron chi connectivity index (χ3n) is 6.08. The van der Waals surface area contributed by atoms with Crippen LogP contribution < -0.4 is 10.6 Å². The van der Waals surface area contributed by atoms with Crippen molar-refractivity contribution in [3.63, 3.8) is 0 Å². The molecule has 2 N–H and O–H groups in total. The molecule has 0 amide bonds. The lowest BCUT2D eigenvalue weighted by atomic mass is 9.86. The molecular formula is C26H28N8OS. The van der Waals surface area contributed by atoms with E-state index in [1.807, 2.05) is 0 Å². The third-order valence-corrected chi connectivity index (χ3v) is 6.71. The van der Waals surface area contributed by atoms with Gasteiger partial charge in [-0.05, 0) is 60.8 Å². The number of aryl methyl sites for hydroxylation is 1. The Bertz CT molecular complexity index is 1510. The summed E-state index contributed by atoms with van der Waals surface area (Å²) in [5.74, 6) is 1.92. The van der Waals surface area contributed by atoms with Crippen molar-refractivity contribution in [3.8, 4) is 6.07 Å².